The van der Waals surface area contributed by atoms with Gasteiger partial charge in [0.05, 0.1) is 0 Å². The van der Waals surface area contributed by atoms with E-state index in [1.807, 2.05) is 41.5 Å². The normalized spacial score (nSPS) is 12.4. The van der Waals surface area contributed by atoms with Gasteiger partial charge < -0.3 is 24.3 Å². The third kappa shape index (κ3) is 9.65. The van der Waals surface area contributed by atoms with E-state index in [9.17, 15) is 0 Å². The fraction of sp³-hybridized carbons (Fsp3) is 0.923. The molecule has 0 saturated carbocycles. The summed E-state index contributed by atoms with van der Waals surface area (Å²) in [6.07, 6.45) is 1.06. The molecule has 3 N–H and O–H groups in total. The van der Waals surface area contributed by atoms with Crippen LogP contribution in [0.25, 0.3) is 0 Å². The molecule has 0 heterocycles. The number of nitrogens with two attached hydrogens (primary N) is 1. The van der Waals surface area contributed by atoms with E-state index in [1.54, 1.807) is 0 Å². The molecule has 0 atom stereocenters. The molecule has 0 aliphatic carbocycles. The van der Waals surface area contributed by atoms with Gasteiger partial charge in [-0.05, 0) is 60.2 Å². The summed E-state index contributed by atoms with van der Waals surface area (Å²) in [6, 6.07) is 0.747. The van der Waals surface area contributed by atoms with E-state index in [4.69, 9.17) is 31.2 Å². The number of hydrogen-bond donors (Lipinski definition) is 2. The zero-order valence-corrected chi connectivity index (χ0v) is 15.4. The molecule has 0 aromatic heterocycles. The highest BCUT2D eigenvalue weighted by molar-refractivity contribution is 7.80. The molecule has 0 unspecified atom stereocenters. The Bertz CT molecular complexity index is 262. The minimum Gasteiger partial charge on any atom is -0.376 e. The third-order valence-corrected chi connectivity index (χ3v) is 5.81. The standard InChI is InChI=1S/C13H30N2O3SSi/c1-10(2)16-20(17-11(3)4,18-12(5)6)9-7-8-15-13(14)19/h10-12H,7-9H2,1-6H3,(H3,14,15,19). The van der Waals surface area contributed by atoms with E-state index in [-0.39, 0.29) is 18.3 Å². The van der Waals surface area contributed by atoms with Crippen LogP contribution in [0.2, 0.25) is 6.04 Å². The van der Waals surface area contributed by atoms with Crippen molar-refractivity contribution in [1.29, 1.82) is 0 Å². The SMILES string of the molecule is CC(C)O[Si](CCCNC(N)=S)(OC(C)C)OC(C)C. The average Bonchev–Trinajstić information content (AvgIpc) is 2.20. The molecule has 0 aromatic carbocycles. The molecule has 20 heavy (non-hydrogen) atoms. The molecule has 0 aliphatic heterocycles. The van der Waals surface area contributed by atoms with Crippen LogP contribution in [0.3, 0.4) is 0 Å². The number of nitrogens with one attached hydrogen (secondary N) is 1. The predicted octanol–water partition coefficient (Wildman–Crippen LogP) is 2.42. The Labute approximate surface area is 129 Å². The summed E-state index contributed by atoms with van der Waals surface area (Å²) >= 11 is 4.80. The molecule has 120 valence electrons. The van der Waals surface area contributed by atoms with E-state index >= 15 is 0 Å². The summed E-state index contributed by atoms with van der Waals surface area (Å²) in [7, 11) is -2.68. The smallest absolute Gasteiger partial charge is 0.376 e. The maximum Gasteiger partial charge on any atom is 0.501 e. The Morgan fingerprint density at radius 2 is 1.40 bits per heavy atom. The second-order valence-corrected chi connectivity index (χ2v) is 8.59. The van der Waals surface area contributed by atoms with Crippen molar-refractivity contribution in [1.82, 2.24) is 5.32 Å². The highest BCUT2D eigenvalue weighted by Crippen LogP contribution is 2.23. The van der Waals surface area contributed by atoms with Crippen molar-refractivity contribution in [2.75, 3.05) is 6.54 Å². The first kappa shape index (κ1) is 19.8. The topological polar surface area (TPSA) is 65.7 Å². The van der Waals surface area contributed by atoms with E-state index in [2.05, 4.69) is 5.32 Å². The summed E-state index contributed by atoms with van der Waals surface area (Å²) in [4.78, 5) is 0. The summed E-state index contributed by atoms with van der Waals surface area (Å²) in [6.45, 7) is 12.7. The molecule has 0 fully saturated rings. The van der Waals surface area contributed by atoms with Crippen LogP contribution in [-0.2, 0) is 13.3 Å². The molecule has 5 nitrogen and oxygen atoms in total. The lowest BCUT2D eigenvalue weighted by Gasteiger charge is -2.34. The summed E-state index contributed by atoms with van der Waals surface area (Å²) in [5, 5.41) is 3.26. The van der Waals surface area contributed by atoms with Crippen molar-refractivity contribution in [3.05, 3.63) is 0 Å². The molecular formula is C13H30N2O3SSi. The van der Waals surface area contributed by atoms with Gasteiger partial charge in [-0.1, -0.05) is 0 Å². The molecule has 0 amide bonds. The molecular weight excluding hydrogens is 292 g/mol. The van der Waals surface area contributed by atoms with Crippen LogP contribution in [0, 0.1) is 0 Å². The lowest BCUT2D eigenvalue weighted by molar-refractivity contribution is 0.00296. The molecule has 0 rings (SSSR count). The predicted molar refractivity (Wildman–Crippen MR) is 88.6 cm³/mol. The van der Waals surface area contributed by atoms with E-state index in [0.717, 1.165) is 12.5 Å². The Hall–Kier alpha value is -0.213. The van der Waals surface area contributed by atoms with Crippen LogP contribution in [-0.4, -0.2) is 38.8 Å². The largest absolute Gasteiger partial charge is 0.501 e. The molecule has 0 aliphatic rings. The van der Waals surface area contributed by atoms with E-state index in [1.165, 1.54) is 0 Å². The first-order chi connectivity index (χ1) is 9.17. The zero-order valence-electron chi connectivity index (χ0n) is 13.6. The highest BCUT2D eigenvalue weighted by Gasteiger charge is 2.43. The van der Waals surface area contributed by atoms with Gasteiger partial charge >= 0.3 is 8.80 Å². The van der Waals surface area contributed by atoms with E-state index < -0.39 is 8.80 Å². The monoisotopic (exact) mass is 322 g/mol. The van der Waals surface area contributed by atoms with Gasteiger partial charge in [0.1, 0.15) is 0 Å². The second-order valence-electron chi connectivity index (χ2n) is 5.58. The Morgan fingerprint density at radius 1 is 1.00 bits per heavy atom. The van der Waals surface area contributed by atoms with Gasteiger partial charge in [0, 0.05) is 30.9 Å². The van der Waals surface area contributed by atoms with Crippen molar-refractivity contribution in [3.63, 3.8) is 0 Å². The van der Waals surface area contributed by atoms with Crippen LogP contribution in [0.5, 0.6) is 0 Å². The van der Waals surface area contributed by atoms with Gasteiger partial charge in [0.15, 0.2) is 5.11 Å². The van der Waals surface area contributed by atoms with Crippen molar-refractivity contribution in [3.8, 4) is 0 Å². The maximum atomic E-state index is 6.07. The van der Waals surface area contributed by atoms with Crippen LogP contribution >= 0.6 is 12.2 Å². The van der Waals surface area contributed by atoms with Crippen LogP contribution in [0.1, 0.15) is 48.0 Å². The Morgan fingerprint density at radius 3 is 1.70 bits per heavy atom. The Kier molecular flexibility index (Phi) is 9.57. The third-order valence-electron chi connectivity index (χ3n) is 2.20. The fourth-order valence-electron chi connectivity index (χ4n) is 1.85. The van der Waals surface area contributed by atoms with Gasteiger partial charge in [-0.25, -0.2) is 0 Å². The van der Waals surface area contributed by atoms with Gasteiger partial charge in [-0.3, -0.25) is 0 Å². The summed E-state index contributed by atoms with van der Waals surface area (Å²) in [5.41, 5.74) is 5.42. The maximum absolute atomic E-state index is 6.07. The molecule has 0 radical (unpaired) electrons. The van der Waals surface area contributed by atoms with Crippen molar-refractivity contribution in [2.45, 2.75) is 72.3 Å². The average molecular weight is 323 g/mol. The lowest BCUT2D eigenvalue weighted by atomic mass is 10.5. The zero-order chi connectivity index (χ0) is 15.8. The van der Waals surface area contributed by atoms with E-state index in [0.29, 0.717) is 11.7 Å². The van der Waals surface area contributed by atoms with Crippen LogP contribution in [0.15, 0.2) is 0 Å². The molecule has 0 saturated heterocycles. The highest BCUT2D eigenvalue weighted by atomic mass is 32.1. The molecule has 0 bridgehead atoms. The van der Waals surface area contributed by atoms with Crippen molar-refractivity contribution in [2.24, 2.45) is 5.73 Å². The second kappa shape index (κ2) is 9.67. The van der Waals surface area contributed by atoms with Crippen molar-refractivity contribution < 1.29 is 13.3 Å². The summed E-state index contributed by atoms with van der Waals surface area (Å²) in [5.74, 6) is 0. The van der Waals surface area contributed by atoms with Gasteiger partial charge in [0.25, 0.3) is 0 Å². The Balaban J connectivity index is 4.72. The van der Waals surface area contributed by atoms with Gasteiger partial charge in [-0.2, -0.15) is 0 Å². The van der Waals surface area contributed by atoms with Crippen LogP contribution < -0.4 is 11.1 Å². The quantitative estimate of drug-likeness (QED) is 0.366. The van der Waals surface area contributed by atoms with Gasteiger partial charge in [0.2, 0.25) is 0 Å². The minimum absolute atomic E-state index is 0.0720. The van der Waals surface area contributed by atoms with Crippen molar-refractivity contribution >= 4 is 26.1 Å². The first-order valence-corrected chi connectivity index (χ1v) is 9.57. The molecule has 7 heteroatoms. The number of hydrogen-bond acceptors (Lipinski definition) is 4. The first-order valence-electron chi connectivity index (χ1n) is 7.23. The summed E-state index contributed by atoms with van der Waals surface area (Å²) < 4.78 is 18.2. The van der Waals surface area contributed by atoms with Crippen LogP contribution in [0.4, 0.5) is 0 Å². The van der Waals surface area contributed by atoms with Gasteiger partial charge in [-0.15, -0.1) is 0 Å². The molecule has 0 aromatic rings. The molecule has 0 spiro atoms. The minimum atomic E-state index is -2.68. The number of thiocarbonyl (C=S) groups is 1. The lowest BCUT2D eigenvalue weighted by Crippen LogP contribution is -2.51. The fourth-order valence-corrected chi connectivity index (χ4v) is 5.24. The number of rotatable bonds is 10.